The van der Waals surface area contributed by atoms with E-state index in [1.165, 1.54) is 18.2 Å². The third-order valence-electron chi connectivity index (χ3n) is 1.68. The largest absolute Gasteiger partial charge is 0.344 e. The minimum atomic E-state index is -0.939. The highest BCUT2D eigenvalue weighted by molar-refractivity contribution is 6.34. The van der Waals surface area contributed by atoms with Crippen LogP contribution in [-0.2, 0) is 16.1 Å². The third-order valence-corrected chi connectivity index (χ3v) is 1.68. The fraction of sp³-hybridized carbons (Fsp3) is 0.111. The fourth-order valence-corrected chi connectivity index (χ4v) is 0.975. The van der Waals surface area contributed by atoms with E-state index in [-0.39, 0.29) is 6.54 Å². The highest BCUT2D eigenvalue weighted by Gasteiger charge is 2.10. The lowest BCUT2D eigenvalue weighted by molar-refractivity contribution is -0.139. The molecule has 0 bridgehead atoms. The Balaban J connectivity index is 2.50. The Morgan fingerprint density at radius 1 is 1.33 bits per heavy atom. The number of hydrazine groups is 1. The van der Waals surface area contributed by atoms with Crippen LogP contribution >= 0.6 is 0 Å². The summed E-state index contributed by atoms with van der Waals surface area (Å²) in [6.07, 6.45) is 0. The summed E-state index contributed by atoms with van der Waals surface area (Å²) in [4.78, 5) is 21.6. The van der Waals surface area contributed by atoms with Crippen molar-refractivity contribution in [2.24, 2.45) is 5.84 Å². The first-order chi connectivity index (χ1) is 7.13. The van der Waals surface area contributed by atoms with Gasteiger partial charge in [0.2, 0.25) is 0 Å². The highest BCUT2D eigenvalue weighted by Crippen LogP contribution is 2.02. The smallest absolute Gasteiger partial charge is 0.323 e. The maximum absolute atomic E-state index is 12.7. The van der Waals surface area contributed by atoms with E-state index in [2.05, 4.69) is 5.32 Å². The molecule has 0 spiro atoms. The predicted octanol–water partition coefficient (Wildman–Crippen LogP) is -0.568. The zero-order chi connectivity index (χ0) is 11.3. The van der Waals surface area contributed by atoms with Crippen molar-refractivity contribution in [1.29, 1.82) is 0 Å². The summed E-state index contributed by atoms with van der Waals surface area (Å²) >= 11 is 0. The molecular weight excluding hydrogens is 201 g/mol. The number of hydrogen-bond donors (Lipinski definition) is 3. The maximum Gasteiger partial charge on any atom is 0.323 e. The molecular formula is C9H10FN3O2. The molecule has 0 aromatic heterocycles. The van der Waals surface area contributed by atoms with Crippen LogP contribution in [0.3, 0.4) is 0 Å². The van der Waals surface area contributed by atoms with Crippen molar-refractivity contribution in [1.82, 2.24) is 10.7 Å². The minimum absolute atomic E-state index is 0.0734. The summed E-state index contributed by atoms with van der Waals surface area (Å²) in [5.74, 6) is 2.55. The molecule has 5 nitrogen and oxygen atoms in total. The molecule has 0 aliphatic rings. The zero-order valence-electron chi connectivity index (χ0n) is 7.79. The summed E-state index contributed by atoms with van der Waals surface area (Å²) in [7, 11) is 0. The Morgan fingerprint density at radius 2 is 2.07 bits per heavy atom. The van der Waals surface area contributed by atoms with E-state index in [9.17, 15) is 14.0 Å². The summed E-state index contributed by atoms with van der Waals surface area (Å²) in [5.41, 5.74) is 2.25. The number of nitrogens with one attached hydrogen (secondary N) is 2. The van der Waals surface area contributed by atoms with Gasteiger partial charge in [-0.05, 0) is 17.7 Å². The van der Waals surface area contributed by atoms with Gasteiger partial charge in [-0.15, -0.1) is 0 Å². The second-order valence-electron chi connectivity index (χ2n) is 2.79. The van der Waals surface area contributed by atoms with Crippen LogP contribution in [0.4, 0.5) is 4.39 Å². The van der Waals surface area contributed by atoms with E-state index < -0.39 is 17.6 Å². The van der Waals surface area contributed by atoms with Gasteiger partial charge in [0.25, 0.3) is 0 Å². The summed E-state index contributed by atoms with van der Waals surface area (Å²) in [6, 6.07) is 5.70. The van der Waals surface area contributed by atoms with Crippen molar-refractivity contribution in [3.8, 4) is 0 Å². The van der Waals surface area contributed by atoms with Crippen molar-refractivity contribution in [2.45, 2.75) is 6.54 Å². The van der Waals surface area contributed by atoms with Gasteiger partial charge in [0.15, 0.2) is 0 Å². The quantitative estimate of drug-likeness (QED) is 0.265. The lowest BCUT2D eigenvalue weighted by Crippen LogP contribution is -2.42. The molecule has 0 atom stereocenters. The van der Waals surface area contributed by atoms with Gasteiger partial charge in [-0.25, -0.2) is 10.2 Å². The number of rotatable bonds is 2. The van der Waals surface area contributed by atoms with Gasteiger partial charge in [-0.2, -0.15) is 0 Å². The Kier molecular flexibility index (Phi) is 3.75. The van der Waals surface area contributed by atoms with Crippen LogP contribution in [0.1, 0.15) is 5.56 Å². The molecule has 2 amide bonds. The Bertz CT molecular complexity index is 381. The molecule has 1 aromatic carbocycles. The topological polar surface area (TPSA) is 84.2 Å². The number of halogens is 1. The molecule has 80 valence electrons. The Morgan fingerprint density at radius 3 is 2.67 bits per heavy atom. The molecule has 0 heterocycles. The van der Waals surface area contributed by atoms with Crippen molar-refractivity contribution in [3.63, 3.8) is 0 Å². The average molecular weight is 211 g/mol. The van der Waals surface area contributed by atoms with Crippen LogP contribution in [0.25, 0.3) is 0 Å². The van der Waals surface area contributed by atoms with Crippen molar-refractivity contribution < 1.29 is 14.0 Å². The van der Waals surface area contributed by atoms with Gasteiger partial charge >= 0.3 is 11.8 Å². The molecule has 0 aliphatic carbocycles. The number of carbonyl (C=O) groups excluding carboxylic acids is 2. The van der Waals surface area contributed by atoms with Crippen LogP contribution in [0, 0.1) is 5.82 Å². The molecule has 0 radical (unpaired) electrons. The molecule has 0 saturated heterocycles. The van der Waals surface area contributed by atoms with E-state index in [0.29, 0.717) is 5.56 Å². The van der Waals surface area contributed by atoms with Crippen molar-refractivity contribution in [3.05, 3.63) is 35.6 Å². The number of benzene rings is 1. The maximum atomic E-state index is 12.7. The van der Waals surface area contributed by atoms with Crippen molar-refractivity contribution in [2.75, 3.05) is 0 Å². The predicted molar refractivity (Wildman–Crippen MR) is 50.6 cm³/mol. The van der Waals surface area contributed by atoms with E-state index in [0.717, 1.165) is 0 Å². The van der Waals surface area contributed by atoms with Crippen LogP contribution in [0.5, 0.6) is 0 Å². The van der Waals surface area contributed by atoms with Crippen LogP contribution in [-0.4, -0.2) is 11.8 Å². The first-order valence-corrected chi connectivity index (χ1v) is 4.16. The normalized spacial score (nSPS) is 9.47. The third kappa shape index (κ3) is 3.35. The lowest BCUT2D eigenvalue weighted by Gasteiger charge is -2.03. The fourth-order valence-electron chi connectivity index (χ4n) is 0.975. The van der Waals surface area contributed by atoms with E-state index >= 15 is 0 Å². The molecule has 15 heavy (non-hydrogen) atoms. The van der Waals surface area contributed by atoms with Gasteiger partial charge in [0, 0.05) is 6.54 Å². The highest BCUT2D eigenvalue weighted by atomic mass is 19.1. The van der Waals surface area contributed by atoms with Gasteiger partial charge in [0.05, 0.1) is 0 Å². The second-order valence-corrected chi connectivity index (χ2v) is 2.79. The molecule has 0 fully saturated rings. The molecule has 0 unspecified atom stereocenters. The second kappa shape index (κ2) is 5.06. The van der Waals surface area contributed by atoms with Crippen LogP contribution < -0.4 is 16.6 Å². The van der Waals surface area contributed by atoms with E-state index in [4.69, 9.17) is 5.84 Å². The number of carbonyl (C=O) groups is 2. The van der Waals surface area contributed by atoms with Gasteiger partial charge in [-0.1, -0.05) is 12.1 Å². The molecule has 1 rings (SSSR count). The van der Waals surface area contributed by atoms with Crippen LogP contribution in [0.2, 0.25) is 0 Å². The van der Waals surface area contributed by atoms with Gasteiger partial charge in [0.1, 0.15) is 5.82 Å². The van der Waals surface area contributed by atoms with Crippen LogP contribution in [0.15, 0.2) is 24.3 Å². The summed E-state index contributed by atoms with van der Waals surface area (Å²) in [6.45, 7) is 0.0734. The standard InChI is InChI=1S/C9H10FN3O2/c10-7-3-1-2-6(4-7)5-12-8(14)9(15)13-11/h1-4H,5,11H2,(H,12,14)(H,13,15). The molecule has 0 aliphatic heterocycles. The summed E-state index contributed by atoms with van der Waals surface area (Å²) < 4.78 is 12.7. The zero-order valence-corrected chi connectivity index (χ0v) is 7.79. The van der Waals surface area contributed by atoms with E-state index in [1.54, 1.807) is 11.5 Å². The van der Waals surface area contributed by atoms with Gasteiger partial charge in [-0.3, -0.25) is 15.0 Å². The average Bonchev–Trinajstić information content (AvgIpc) is 2.25. The Labute approximate surface area is 85.4 Å². The number of nitrogens with two attached hydrogens (primary N) is 1. The van der Waals surface area contributed by atoms with E-state index in [1.807, 2.05) is 0 Å². The number of amides is 2. The Hall–Kier alpha value is -1.95. The lowest BCUT2D eigenvalue weighted by atomic mass is 10.2. The molecule has 0 saturated carbocycles. The first kappa shape index (κ1) is 11.1. The molecule has 1 aromatic rings. The van der Waals surface area contributed by atoms with Gasteiger partial charge < -0.3 is 5.32 Å². The minimum Gasteiger partial charge on any atom is -0.344 e. The first-order valence-electron chi connectivity index (χ1n) is 4.16. The number of hydrogen-bond acceptors (Lipinski definition) is 3. The summed E-state index contributed by atoms with van der Waals surface area (Å²) in [5, 5.41) is 2.28. The molecule has 6 heteroatoms. The SMILES string of the molecule is NNC(=O)C(=O)NCc1cccc(F)c1. The van der Waals surface area contributed by atoms with Crippen molar-refractivity contribution >= 4 is 11.8 Å². The monoisotopic (exact) mass is 211 g/mol. The molecule has 4 N–H and O–H groups in total.